The summed E-state index contributed by atoms with van der Waals surface area (Å²) in [4.78, 5) is 36.3. The van der Waals surface area contributed by atoms with E-state index in [1.807, 2.05) is 30.3 Å². The first-order chi connectivity index (χ1) is 11.2. The highest BCUT2D eigenvalue weighted by atomic mass is 16.5. The topological polar surface area (TPSA) is 79.0 Å². The molecule has 0 spiro atoms. The van der Waals surface area contributed by atoms with Crippen molar-refractivity contribution in [3.8, 4) is 0 Å². The Morgan fingerprint density at radius 1 is 1.26 bits per heavy atom. The summed E-state index contributed by atoms with van der Waals surface area (Å²) < 4.78 is 5.16. The van der Waals surface area contributed by atoms with E-state index < -0.39 is 11.9 Å². The van der Waals surface area contributed by atoms with Gasteiger partial charge in [0.05, 0.1) is 13.2 Å². The Morgan fingerprint density at radius 2 is 1.96 bits per heavy atom. The number of morpholine rings is 1. The van der Waals surface area contributed by atoms with Crippen molar-refractivity contribution in [2.45, 2.75) is 0 Å². The van der Waals surface area contributed by atoms with E-state index in [2.05, 4.69) is 5.43 Å². The van der Waals surface area contributed by atoms with E-state index >= 15 is 0 Å². The van der Waals surface area contributed by atoms with Gasteiger partial charge in [0, 0.05) is 19.2 Å². The third-order valence-electron chi connectivity index (χ3n) is 3.24. The molecule has 1 N–H and O–H groups in total. The molecule has 7 nitrogen and oxygen atoms in total. The molecule has 1 saturated heterocycles. The normalized spacial score (nSPS) is 14.5. The third kappa shape index (κ3) is 5.23. The van der Waals surface area contributed by atoms with Crippen molar-refractivity contribution in [2.75, 3.05) is 32.8 Å². The molecule has 1 radical (unpaired) electrons. The number of nitrogens with zero attached hydrogens (tertiary/aromatic N) is 2. The van der Waals surface area contributed by atoms with Crippen molar-refractivity contribution >= 4 is 24.3 Å². The van der Waals surface area contributed by atoms with Crippen LogP contribution in [-0.2, 0) is 14.3 Å². The van der Waals surface area contributed by atoms with Gasteiger partial charge >= 0.3 is 6.03 Å². The highest BCUT2D eigenvalue weighted by Crippen LogP contribution is 2.02. The summed E-state index contributed by atoms with van der Waals surface area (Å²) in [6, 6.07) is 8.81. The van der Waals surface area contributed by atoms with Crippen molar-refractivity contribution in [3.63, 3.8) is 0 Å². The van der Waals surface area contributed by atoms with Gasteiger partial charge in [0.1, 0.15) is 6.54 Å². The van der Waals surface area contributed by atoms with Crippen LogP contribution < -0.4 is 5.43 Å². The number of nitrogens with one attached hydrogen (secondary N) is 1. The van der Waals surface area contributed by atoms with E-state index in [1.165, 1.54) is 11.0 Å². The number of amides is 3. The molecule has 0 unspecified atom stereocenters. The number of urea groups is 1. The molecule has 1 heterocycles. The molecule has 0 bridgehead atoms. The predicted octanol–water partition coefficient (Wildman–Crippen LogP) is 0.595. The largest absolute Gasteiger partial charge is 0.378 e. The molecule has 23 heavy (non-hydrogen) atoms. The Labute approximate surface area is 134 Å². The van der Waals surface area contributed by atoms with Crippen molar-refractivity contribution in [3.05, 3.63) is 42.0 Å². The quantitative estimate of drug-likeness (QED) is 0.651. The molecule has 0 saturated carbocycles. The summed E-state index contributed by atoms with van der Waals surface area (Å²) in [5.74, 6) is -0.501. The van der Waals surface area contributed by atoms with Crippen LogP contribution in [0.5, 0.6) is 0 Å². The summed E-state index contributed by atoms with van der Waals surface area (Å²) in [6.07, 6.45) is 4.53. The van der Waals surface area contributed by atoms with Crippen LogP contribution in [0.25, 0.3) is 6.08 Å². The average molecular weight is 316 g/mol. The van der Waals surface area contributed by atoms with Gasteiger partial charge in [-0.15, -0.1) is 0 Å². The summed E-state index contributed by atoms with van der Waals surface area (Å²) >= 11 is 0. The summed E-state index contributed by atoms with van der Waals surface area (Å²) in [5, 5.41) is 0.935. The molecule has 1 aromatic carbocycles. The zero-order valence-electron chi connectivity index (χ0n) is 12.6. The van der Waals surface area contributed by atoms with Gasteiger partial charge in [0.15, 0.2) is 0 Å². The second-order valence-corrected chi connectivity index (χ2v) is 4.83. The molecule has 0 atom stereocenters. The Bertz CT molecular complexity index is 568. The summed E-state index contributed by atoms with van der Waals surface area (Å²) in [6.45, 7) is 1.45. The molecule has 2 rings (SSSR count). The fraction of sp³-hybridized carbons (Fsp3) is 0.312. The molecule has 121 valence electrons. The Hall–Kier alpha value is -2.67. The molecule has 1 aliphatic rings. The minimum atomic E-state index is -0.501. The van der Waals surface area contributed by atoms with Crippen molar-refractivity contribution < 1.29 is 19.1 Å². The van der Waals surface area contributed by atoms with Gasteiger partial charge in [0.2, 0.25) is 6.29 Å². The molecule has 3 amide bonds. The Morgan fingerprint density at radius 3 is 2.61 bits per heavy atom. The number of carbonyl (C=O) groups is 2. The second-order valence-electron chi connectivity index (χ2n) is 4.83. The summed E-state index contributed by atoms with van der Waals surface area (Å²) in [7, 11) is 0. The van der Waals surface area contributed by atoms with E-state index in [0.717, 1.165) is 10.6 Å². The van der Waals surface area contributed by atoms with E-state index in [4.69, 9.17) is 4.74 Å². The molecular formula is C16H18N3O4. The Kier molecular flexibility index (Phi) is 6.31. The zero-order valence-corrected chi connectivity index (χ0v) is 12.6. The van der Waals surface area contributed by atoms with Crippen LogP contribution in [0.2, 0.25) is 0 Å². The number of hydrogen-bond acceptors (Lipinski definition) is 4. The maximum absolute atomic E-state index is 12.1. The maximum Gasteiger partial charge on any atom is 0.336 e. The van der Waals surface area contributed by atoms with Crippen molar-refractivity contribution in [2.24, 2.45) is 0 Å². The van der Waals surface area contributed by atoms with Crippen LogP contribution in [0.3, 0.4) is 0 Å². The lowest BCUT2D eigenvalue weighted by Gasteiger charge is -2.29. The van der Waals surface area contributed by atoms with Gasteiger partial charge in [-0.1, -0.05) is 30.3 Å². The molecule has 1 aliphatic heterocycles. The van der Waals surface area contributed by atoms with Crippen LogP contribution in [0.15, 0.2) is 36.4 Å². The van der Waals surface area contributed by atoms with E-state index in [9.17, 15) is 14.4 Å². The fourth-order valence-electron chi connectivity index (χ4n) is 2.01. The number of ether oxygens (including phenoxy) is 1. The highest BCUT2D eigenvalue weighted by Gasteiger charge is 2.20. The number of carbonyl (C=O) groups excluding carboxylic acids is 3. The van der Waals surface area contributed by atoms with Crippen LogP contribution in [-0.4, -0.2) is 61.0 Å². The minimum Gasteiger partial charge on any atom is -0.378 e. The molecule has 1 fully saturated rings. The van der Waals surface area contributed by atoms with E-state index in [1.54, 1.807) is 12.4 Å². The van der Waals surface area contributed by atoms with Crippen LogP contribution >= 0.6 is 0 Å². The first-order valence-electron chi connectivity index (χ1n) is 7.23. The SMILES string of the molecule is O=[C]CN(NC(=O)N1CCOCC1)C(=O)/C=C/c1ccccc1. The number of hydrogen-bond donors (Lipinski definition) is 1. The lowest BCUT2D eigenvalue weighted by Crippen LogP contribution is -2.54. The van der Waals surface area contributed by atoms with Crippen molar-refractivity contribution in [1.29, 1.82) is 0 Å². The van der Waals surface area contributed by atoms with Gasteiger partial charge in [-0.25, -0.2) is 15.2 Å². The van der Waals surface area contributed by atoms with Gasteiger partial charge in [-0.05, 0) is 11.6 Å². The monoisotopic (exact) mass is 316 g/mol. The third-order valence-corrected chi connectivity index (χ3v) is 3.24. The standard InChI is InChI=1S/C16H18N3O4/c20-11-8-19(17-16(22)18-9-12-23-13-10-18)15(21)7-6-14-4-2-1-3-5-14/h1-7H,8-10,12-13H2,(H,17,22)/b7-6+. The van der Waals surface area contributed by atoms with Crippen LogP contribution in [0, 0.1) is 0 Å². The number of hydrazine groups is 1. The lowest BCUT2D eigenvalue weighted by atomic mass is 10.2. The van der Waals surface area contributed by atoms with Crippen molar-refractivity contribution in [1.82, 2.24) is 15.3 Å². The lowest BCUT2D eigenvalue weighted by molar-refractivity contribution is -0.127. The summed E-state index contributed by atoms with van der Waals surface area (Å²) in [5.41, 5.74) is 3.27. The van der Waals surface area contributed by atoms with Crippen LogP contribution in [0.1, 0.15) is 5.56 Å². The van der Waals surface area contributed by atoms with Crippen LogP contribution in [0.4, 0.5) is 4.79 Å². The minimum absolute atomic E-state index is 0.339. The predicted molar refractivity (Wildman–Crippen MR) is 83.8 cm³/mol. The Balaban J connectivity index is 1.96. The van der Waals surface area contributed by atoms with Gasteiger partial charge < -0.3 is 9.64 Å². The maximum atomic E-state index is 12.1. The fourth-order valence-corrected chi connectivity index (χ4v) is 2.01. The number of benzene rings is 1. The first kappa shape index (κ1) is 16.7. The molecular weight excluding hydrogens is 298 g/mol. The second kappa shape index (κ2) is 8.70. The van der Waals surface area contributed by atoms with E-state index in [-0.39, 0.29) is 6.54 Å². The zero-order chi connectivity index (χ0) is 16.5. The highest BCUT2D eigenvalue weighted by molar-refractivity contribution is 5.94. The van der Waals surface area contributed by atoms with E-state index in [0.29, 0.717) is 26.3 Å². The first-order valence-corrected chi connectivity index (χ1v) is 7.23. The molecule has 0 aliphatic carbocycles. The van der Waals surface area contributed by atoms with Gasteiger partial charge in [-0.3, -0.25) is 9.59 Å². The van der Waals surface area contributed by atoms with Gasteiger partial charge in [-0.2, -0.15) is 0 Å². The number of rotatable bonds is 4. The molecule has 7 heteroatoms. The smallest absolute Gasteiger partial charge is 0.336 e. The van der Waals surface area contributed by atoms with Gasteiger partial charge in [0.25, 0.3) is 5.91 Å². The molecule has 0 aromatic heterocycles. The average Bonchev–Trinajstić information content (AvgIpc) is 2.61. The molecule has 1 aromatic rings.